The van der Waals surface area contributed by atoms with Gasteiger partial charge in [-0.3, -0.25) is 9.59 Å². The Morgan fingerprint density at radius 2 is 1.96 bits per heavy atom. The highest BCUT2D eigenvalue weighted by Gasteiger charge is 2.30. The van der Waals surface area contributed by atoms with E-state index in [0.29, 0.717) is 26.1 Å². The molecule has 3 heterocycles. The van der Waals surface area contributed by atoms with E-state index >= 15 is 0 Å². The molecule has 0 radical (unpaired) electrons. The fourth-order valence-corrected chi connectivity index (χ4v) is 3.48. The molecule has 1 aromatic carbocycles. The zero-order valence-corrected chi connectivity index (χ0v) is 14.3. The minimum Gasteiger partial charge on any atom is -0.347 e. The Balaban J connectivity index is 1.52. The molecule has 0 spiro atoms. The van der Waals surface area contributed by atoms with Crippen molar-refractivity contribution in [1.29, 1.82) is 0 Å². The normalized spacial score (nSPS) is 16.3. The summed E-state index contributed by atoms with van der Waals surface area (Å²) in [4.78, 5) is 34.1. The second kappa shape index (κ2) is 7.00. The van der Waals surface area contributed by atoms with Gasteiger partial charge in [-0.25, -0.2) is 4.98 Å². The first-order chi connectivity index (χ1) is 12.7. The van der Waals surface area contributed by atoms with Crippen LogP contribution in [-0.4, -0.2) is 31.9 Å². The fraction of sp³-hybridized carbons (Fsp3) is 0.250. The molecule has 0 fully saturated rings. The predicted molar refractivity (Wildman–Crippen MR) is 97.6 cm³/mol. The van der Waals surface area contributed by atoms with E-state index in [4.69, 9.17) is 0 Å². The van der Waals surface area contributed by atoms with Gasteiger partial charge in [0.25, 0.3) is 5.56 Å². The van der Waals surface area contributed by atoms with Gasteiger partial charge >= 0.3 is 0 Å². The van der Waals surface area contributed by atoms with Crippen molar-refractivity contribution in [2.75, 3.05) is 6.54 Å². The molecule has 1 amide bonds. The summed E-state index contributed by atoms with van der Waals surface area (Å²) in [6.45, 7) is 1.52. The van der Waals surface area contributed by atoms with Crippen molar-refractivity contribution in [3.63, 3.8) is 0 Å². The summed E-state index contributed by atoms with van der Waals surface area (Å²) in [5, 5.41) is 0. The number of nitrogens with zero attached hydrogens (tertiary/aromatic N) is 3. The zero-order chi connectivity index (χ0) is 17.9. The maximum absolute atomic E-state index is 12.8. The van der Waals surface area contributed by atoms with Gasteiger partial charge in [0, 0.05) is 37.7 Å². The van der Waals surface area contributed by atoms with Crippen molar-refractivity contribution in [2.45, 2.75) is 25.4 Å². The van der Waals surface area contributed by atoms with Gasteiger partial charge in [-0.2, -0.15) is 0 Å². The number of carbonyl (C=O) groups excluding carboxylic acids is 1. The molecule has 1 aliphatic heterocycles. The summed E-state index contributed by atoms with van der Waals surface area (Å²) in [7, 11) is 0. The van der Waals surface area contributed by atoms with Gasteiger partial charge in [0.2, 0.25) is 5.91 Å². The molecular weight excluding hydrogens is 328 g/mol. The van der Waals surface area contributed by atoms with E-state index < -0.39 is 0 Å². The van der Waals surface area contributed by atoms with Crippen LogP contribution in [0, 0.1) is 0 Å². The van der Waals surface area contributed by atoms with Gasteiger partial charge < -0.3 is 14.5 Å². The second-order valence-electron chi connectivity index (χ2n) is 6.49. The number of fused-ring (bicyclic) bond motifs is 1. The molecule has 26 heavy (non-hydrogen) atoms. The lowest BCUT2D eigenvalue weighted by Gasteiger charge is -2.32. The zero-order valence-electron chi connectivity index (χ0n) is 14.3. The van der Waals surface area contributed by atoms with Gasteiger partial charge in [-0.1, -0.05) is 36.4 Å². The molecule has 132 valence electrons. The van der Waals surface area contributed by atoms with Gasteiger partial charge in [-0.15, -0.1) is 0 Å². The number of aryl methyl sites for hydroxylation is 1. The average molecular weight is 348 g/mol. The number of imidazole rings is 1. The Hall–Kier alpha value is -3.15. The Labute approximate surface area is 151 Å². The standard InChI is InChI=1S/C20H20N4O2/c25-18-8-4-5-10-23(18)11-9-19(26)24-12-16(15-6-2-1-3-7-15)20-17(13-24)21-14-22-20/h1-8,10,14,16H,9,11-13H2,(H,21,22). The summed E-state index contributed by atoms with van der Waals surface area (Å²) in [5.74, 6) is 0.108. The Morgan fingerprint density at radius 1 is 1.15 bits per heavy atom. The van der Waals surface area contributed by atoms with Crippen LogP contribution in [0.2, 0.25) is 0 Å². The predicted octanol–water partition coefficient (Wildman–Crippen LogP) is 2.14. The maximum Gasteiger partial charge on any atom is 0.250 e. The number of amides is 1. The number of H-pyrrole nitrogens is 1. The van der Waals surface area contributed by atoms with Crippen LogP contribution >= 0.6 is 0 Å². The molecule has 4 rings (SSSR count). The van der Waals surface area contributed by atoms with Crippen molar-refractivity contribution in [2.24, 2.45) is 0 Å². The topological polar surface area (TPSA) is 71.0 Å². The lowest BCUT2D eigenvalue weighted by molar-refractivity contribution is -0.132. The molecule has 1 atom stereocenters. The van der Waals surface area contributed by atoms with Gasteiger partial charge in [0.1, 0.15) is 0 Å². The van der Waals surface area contributed by atoms with Crippen molar-refractivity contribution < 1.29 is 4.79 Å². The van der Waals surface area contributed by atoms with Crippen LogP contribution in [0.1, 0.15) is 29.3 Å². The average Bonchev–Trinajstić information content (AvgIpc) is 3.15. The number of nitrogens with one attached hydrogen (secondary N) is 1. The lowest BCUT2D eigenvalue weighted by atomic mass is 9.91. The van der Waals surface area contributed by atoms with Crippen LogP contribution < -0.4 is 5.56 Å². The molecule has 3 aromatic rings. The fourth-order valence-electron chi connectivity index (χ4n) is 3.48. The van der Waals surface area contributed by atoms with Gasteiger partial charge in [0.15, 0.2) is 0 Å². The smallest absolute Gasteiger partial charge is 0.250 e. The second-order valence-corrected chi connectivity index (χ2v) is 6.49. The minimum atomic E-state index is -0.0861. The first-order valence-corrected chi connectivity index (χ1v) is 8.72. The van der Waals surface area contributed by atoms with Crippen molar-refractivity contribution in [3.8, 4) is 0 Å². The van der Waals surface area contributed by atoms with E-state index in [2.05, 4.69) is 22.1 Å². The quantitative estimate of drug-likeness (QED) is 0.785. The van der Waals surface area contributed by atoms with E-state index in [1.54, 1.807) is 29.2 Å². The largest absolute Gasteiger partial charge is 0.347 e. The third-order valence-electron chi connectivity index (χ3n) is 4.85. The number of pyridine rings is 1. The van der Waals surface area contributed by atoms with Gasteiger partial charge in [-0.05, 0) is 11.6 Å². The van der Waals surface area contributed by atoms with Crippen molar-refractivity contribution >= 4 is 5.91 Å². The highest BCUT2D eigenvalue weighted by Crippen LogP contribution is 2.31. The third kappa shape index (κ3) is 3.18. The lowest BCUT2D eigenvalue weighted by Crippen LogP contribution is -2.39. The molecule has 0 aliphatic carbocycles. The summed E-state index contributed by atoms with van der Waals surface area (Å²) < 4.78 is 1.57. The van der Waals surface area contributed by atoms with Crippen LogP contribution in [0.5, 0.6) is 0 Å². The molecule has 6 heteroatoms. The highest BCUT2D eigenvalue weighted by molar-refractivity contribution is 5.76. The van der Waals surface area contributed by atoms with Crippen LogP contribution in [-0.2, 0) is 17.9 Å². The summed E-state index contributed by atoms with van der Waals surface area (Å²) in [6, 6.07) is 15.1. The van der Waals surface area contributed by atoms with Crippen LogP contribution in [0.4, 0.5) is 0 Å². The molecule has 1 unspecified atom stereocenters. The maximum atomic E-state index is 12.8. The molecule has 1 N–H and O–H groups in total. The number of benzene rings is 1. The molecule has 0 bridgehead atoms. The number of hydrogen-bond acceptors (Lipinski definition) is 3. The third-order valence-corrected chi connectivity index (χ3v) is 4.85. The monoisotopic (exact) mass is 348 g/mol. The molecule has 0 saturated heterocycles. The molecule has 6 nitrogen and oxygen atoms in total. The summed E-state index contributed by atoms with van der Waals surface area (Å²) in [6.07, 6.45) is 3.71. The highest BCUT2D eigenvalue weighted by atomic mass is 16.2. The van der Waals surface area contributed by atoms with Gasteiger partial charge in [0.05, 0.1) is 24.3 Å². The van der Waals surface area contributed by atoms with E-state index in [-0.39, 0.29) is 17.4 Å². The number of rotatable bonds is 4. The Bertz CT molecular complexity index is 961. The Morgan fingerprint density at radius 3 is 2.77 bits per heavy atom. The number of carbonyl (C=O) groups is 1. The first-order valence-electron chi connectivity index (χ1n) is 8.72. The van der Waals surface area contributed by atoms with E-state index in [1.165, 1.54) is 6.07 Å². The molecule has 0 saturated carbocycles. The summed E-state index contributed by atoms with van der Waals surface area (Å²) in [5.41, 5.74) is 3.06. The number of aromatic nitrogens is 3. The van der Waals surface area contributed by atoms with Crippen molar-refractivity contribution in [3.05, 3.63) is 88.4 Å². The van der Waals surface area contributed by atoms with E-state index in [1.807, 2.05) is 23.1 Å². The Kier molecular flexibility index (Phi) is 4.39. The van der Waals surface area contributed by atoms with E-state index in [9.17, 15) is 9.59 Å². The van der Waals surface area contributed by atoms with Crippen LogP contribution in [0.25, 0.3) is 0 Å². The molecule has 2 aromatic heterocycles. The van der Waals surface area contributed by atoms with Crippen molar-refractivity contribution in [1.82, 2.24) is 19.4 Å². The van der Waals surface area contributed by atoms with E-state index in [0.717, 1.165) is 17.0 Å². The minimum absolute atomic E-state index is 0.0435. The molecule has 1 aliphatic rings. The SMILES string of the molecule is O=C(CCn1ccccc1=O)N1Cc2[nH]cnc2C(c2ccccc2)C1. The van der Waals surface area contributed by atoms with Crippen LogP contribution in [0.15, 0.2) is 65.8 Å². The number of aromatic amines is 1. The first kappa shape index (κ1) is 16.3. The molecular formula is C20H20N4O2. The number of hydrogen-bond donors (Lipinski definition) is 1. The summed E-state index contributed by atoms with van der Waals surface area (Å²) >= 11 is 0. The van der Waals surface area contributed by atoms with Crippen LogP contribution in [0.3, 0.4) is 0 Å².